The van der Waals surface area contributed by atoms with E-state index in [0.29, 0.717) is 0 Å². The van der Waals surface area contributed by atoms with Gasteiger partial charge in [-0.2, -0.15) is 4.98 Å². The summed E-state index contributed by atoms with van der Waals surface area (Å²) in [7, 11) is 0. The second kappa shape index (κ2) is 7.11. The lowest BCUT2D eigenvalue weighted by Gasteiger charge is -2.36. The maximum Gasteiger partial charge on any atom is 0.224 e. The number of nitrogens with one attached hydrogen (secondary N) is 1. The molecule has 0 atom stereocenters. The van der Waals surface area contributed by atoms with Gasteiger partial charge in [0.05, 0.1) is 0 Å². The first kappa shape index (κ1) is 14.6. The van der Waals surface area contributed by atoms with Gasteiger partial charge in [0.25, 0.3) is 0 Å². The number of anilines is 3. The maximum atomic E-state index is 4.62. The molecule has 3 rings (SSSR count). The van der Waals surface area contributed by atoms with Crippen molar-refractivity contribution in [2.75, 3.05) is 47.8 Å². The van der Waals surface area contributed by atoms with Crippen LogP contribution in [0.5, 0.6) is 0 Å². The van der Waals surface area contributed by atoms with Gasteiger partial charge in [0.15, 0.2) is 0 Å². The van der Waals surface area contributed by atoms with E-state index in [0.717, 1.165) is 50.9 Å². The third kappa shape index (κ3) is 3.47. The summed E-state index contributed by atoms with van der Waals surface area (Å²) in [5, 5.41) is 3.25. The van der Waals surface area contributed by atoms with Gasteiger partial charge in [-0.15, -0.1) is 0 Å². The summed E-state index contributed by atoms with van der Waals surface area (Å²) < 4.78 is 0. The van der Waals surface area contributed by atoms with E-state index in [1.165, 1.54) is 5.69 Å². The molecule has 2 aromatic rings. The van der Waals surface area contributed by atoms with Crippen molar-refractivity contribution in [3.05, 3.63) is 42.6 Å². The second-order valence-electron chi connectivity index (χ2n) is 5.47. The average molecular weight is 297 g/mol. The zero-order valence-corrected chi connectivity index (χ0v) is 13.1. The van der Waals surface area contributed by atoms with Gasteiger partial charge in [0.1, 0.15) is 5.82 Å². The van der Waals surface area contributed by atoms with Crippen molar-refractivity contribution in [2.45, 2.75) is 13.3 Å². The molecule has 0 aliphatic carbocycles. The Bertz CT molecular complexity index is 579. The predicted octanol–water partition coefficient (Wildman–Crippen LogP) is 2.63. The zero-order chi connectivity index (χ0) is 15.2. The highest BCUT2D eigenvalue weighted by atomic mass is 15.3. The summed E-state index contributed by atoms with van der Waals surface area (Å²) in [6, 6.07) is 12.6. The minimum absolute atomic E-state index is 0.727. The topological polar surface area (TPSA) is 44.3 Å². The third-order valence-corrected chi connectivity index (χ3v) is 3.90. The average Bonchev–Trinajstić information content (AvgIpc) is 2.61. The Hall–Kier alpha value is -2.30. The molecule has 22 heavy (non-hydrogen) atoms. The standard InChI is InChI=1S/C17H23N5/c1-2-9-18-17-19-10-8-16(20-17)22-13-11-21(12-14-22)15-6-4-3-5-7-15/h3-8,10H,2,9,11-14H2,1H3,(H,18,19,20). The van der Waals surface area contributed by atoms with Crippen molar-refractivity contribution in [2.24, 2.45) is 0 Å². The number of hydrogen-bond acceptors (Lipinski definition) is 5. The Morgan fingerprint density at radius 3 is 2.45 bits per heavy atom. The molecule has 5 heteroatoms. The normalized spacial score (nSPS) is 15.0. The molecular weight excluding hydrogens is 274 g/mol. The first-order valence-electron chi connectivity index (χ1n) is 7.98. The van der Waals surface area contributed by atoms with Gasteiger partial charge in [0.2, 0.25) is 5.95 Å². The highest BCUT2D eigenvalue weighted by molar-refractivity contribution is 5.49. The van der Waals surface area contributed by atoms with Crippen molar-refractivity contribution in [3.63, 3.8) is 0 Å². The van der Waals surface area contributed by atoms with Crippen molar-refractivity contribution >= 4 is 17.5 Å². The van der Waals surface area contributed by atoms with Gasteiger partial charge >= 0.3 is 0 Å². The van der Waals surface area contributed by atoms with Crippen LogP contribution in [0.2, 0.25) is 0 Å². The maximum absolute atomic E-state index is 4.62. The molecule has 1 aliphatic heterocycles. The lowest BCUT2D eigenvalue weighted by Crippen LogP contribution is -2.46. The number of rotatable bonds is 5. The molecule has 0 amide bonds. The van der Waals surface area contributed by atoms with Gasteiger partial charge in [-0.1, -0.05) is 25.1 Å². The van der Waals surface area contributed by atoms with Gasteiger partial charge in [-0.05, 0) is 24.6 Å². The van der Waals surface area contributed by atoms with Crippen LogP contribution in [-0.2, 0) is 0 Å². The van der Waals surface area contributed by atoms with Crippen molar-refractivity contribution < 1.29 is 0 Å². The van der Waals surface area contributed by atoms with E-state index in [2.05, 4.69) is 62.3 Å². The molecule has 1 saturated heterocycles. The molecule has 0 unspecified atom stereocenters. The molecule has 0 spiro atoms. The number of aromatic nitrogens is 2. The summed E-state index contributed by atoms with van der Waals surface area (Å²) in [5.74, 6) is 1.74. The number of para-hydroxylation sites is 1. The Balaban J connectivity index is 1.61. The Kier molecular flexibility index (Phi) is 4.73. The molecule has 0 saturated carbocycles. The van der Waals surface area contributed by atoms with Crippen LogP contribution in [0.15, 0.2) is 42.6 Å². The molecule has 1 aliphatic rings. The number of hydrogen-bond donors (Lipinski definition) is 1. The van der Waals surface area contributed by atoms with Crippen molar-refractivity contribution in [1.82, 2.24) is 9.97 Å². The number of piperazine rings is 1. The predicted molar refractivity (Wildman–Crippen MR) is 91.7 cm³/mol. The summed E-state index contributed by atoms with van der Waals surface area (Å²) in [6.45, 7) is 7.06. The van der Waals surface area contributed by atoms with E-state index >= 15 is 0 Å². The molecule has 5 nitrogen and oxygen atoms in total. The molecular formula is C17H23N5. The van der Waals surface area contributed by atoms with E-state index in [9.17, 15) is 0 Å². The fourth-order valence-corrected chi connectivity index (χ4v) is 2.68. The summed E-state index contributed by atoms with van der Waals surface area (Å²) >= 11 is 0. The van der Waals surface area contributed by atoms with Crippen LogP contribution in [-0.4, -0.2) is 42.7 Å². The van der Waals surface area contributed by atoms with Gasteiger partial charge < -0.3 is 15.1 Å². The smallest absolute Gasteiger partial charge is 0.224 e. The van der Waals surface area contributed by atoms with Gasteiger partial charge in [-0.25, -0.2) is 4.98 Å². The Morgan fingerprint density at radius 1 is 1.00 bits per heavy atom. The molecule has 116 valence electrons. The number of nitrogens with zero attached hydrogens (tertiary/aromatic N) is 4. The molecule has 1 fully saturated rings. The van der Waals surface area contributed by atoms with Crippen LogP contribution in [0.3, 0.4) is 0 Å². The molecule has 1 N–H and O–H groups in total. The Labute approximate surface area is 132 Å². The van der Waals surface area contributed by atoms with Crippen LogP contribution in [0.25, 0.3) is 0 Å². The van der Waals surface area contributed by atoms with Gasteiger partial charge in [-0.3, -0.25) is 0 Å². The quantitative estimate of drug-likeness (QED) is 0.919. The monoisotopic (exact) mass is 297 g/mol. The lowest BCUT2D eigenvalue weighted by molar-refractivity contribution is 0.647. The highest BCUT2D eigenvalue weighted by Crippen LogP contribution is 2.19. The molecule has 1 aromatic carbocycles. The number of benzene rings is 1. The van der Waals surface area contributed by atoms with Crippen LogP contribution in [0, 0.1) is 0 Å². The molecule has 1 aromatic heterocycles. The summed E-state index contributed by atoms with van der Waals surface area (Å²) in [4.78, 5) is 13.6. The van der Waals surface area contributed by atoms with Crippen molar-refractivity contribution in [1.29, 1.82) is 0 Å². The SMILES string of the molecule is CCCNc1nccc(N2CCN(c3ccccc3)CC2)n1. The van der Waals surface area contributed by atoms with E-state index < -0.39 is 0 Å². The van der Waals surface area contributed by atoms with E-state index in [-0.39, 0.29) is 0 Å². The molecule has 0 bridgehead atoms. The first-order valence-corrected chi connectivity index (χ1v) is 7.98. The van der Waals surface area contributed by atoms with Crippen LogP contribution < -0.4 is 15.1 Å². The first-order chi connectivity index (χ1) is 10.9. The van der Waals surface area contributed by atoms with Crippen molar-refractivity contribution in [3.8, 4) is 0 Å². The van der Waals surface area contributed by atoms with E-state index in [1.807, 2.05) is 12.3 Å². The second-order valence-corrected chi connectivity index (χ2v) is 5.47. The zero-order valence-electron chi connectivity index (χ0n) is 13.1. The van der Waals surface area contributed by atoms with E-state index in [4.69, 9.17) is 0 Å². The fraction of sp³-hybridized carbons (Fsp3) is 0.412. The highest BCUT2D eigenvalue weighted by Gasteiger charge is 2.18. The molecule has 0 radical (unpaired) electrons. The Morgan fingerprint density at radius 2 is 1.73 bits per heavy atom. The van der Waals surface area contributed by atoms with Crippen LogP contribution >= 0.6 is 0 Å². The molecule has 2 heterocycles. The lowest BCUT2D eigenvalue weighted by atomic mass is 10.2. The summed E-state index contributed by atoms with van der Waals surface area (Å²) in [5.41, 5.74) is 1.30. The minimum atomic E-state index is 0.727. The summed E-state index contributed by atoms with van der Waals surface area (Å²) in [6.07, 6.45) is 2.91. The minimum Gasteiger partial charge on any atom is -0.368 e. The fourth-order valence-electron chi connectivity index (χ4n) is 2.68. The van der Waals surface area contributed by atoms with E-state index in [1.54, 1.807) is 0 Å². The van der Waals surface area contributed by atoms with Gasteiger partial charge in [0, 0.05) is 44.6 Å². The van der Waals surface area contributed by atoms with Crippen LogP contribution in [0.4, 0.5) is 17.5 Å². The largest absolute Gasteiger partial charge is 0.368 e. The third-order valence-electron chi connectivity index (χ3n) is 3.90. The van der Waals surface area contributed by atoms with Crippen LogP contribution in [0.1, 0.15) is 13.3 Å².